The maximum Gasteiger partial charge on any atom is 0.260 e. The molecule has 2 aromatic carbocycles. The van der Waals surface area contributed by atoms with E-state index in [0.29, 0.717) is 19.8 Å². The summed E-state index contributed by atoms with van der Waals surface area (Å²) in [4.78, 5) is 21.2. The highest BCUT2D eigenvalue weighted by molar-refractivity contribution is 5.89. The minimum atomic E-state index is -0.0536. The average Bonchev–Trinajstić information content (AvgIpc) is 3.13. The smallest absolute Gasteiger partial charge is 0.260 e. The predicted octanol–water partition coefficient (Wildman–Crippen LogP) is 3.15. The Kier molecular flexibility index (Phi) is 4.06. The molecule has 0 unspecified atom stereocenters. The molecular weight excluding hydrogens is 328 g/mol. The van der Waals surface area contributed by atoms with Crippen LogP contribution in [-0.2, 0) is 9.63 Å². The van der Waals surface area contributed by atoms with Crippen molar-refractivity contribution in [3.05, 3.63) is 42.0 Å². The van der Waals surface area contributed by atoms with Gasteiger partial charge in [-0.3, -0.25) is 14.5 Å². The fourth-order valence-corrected chi connectivity index (χ4v) is 4.54. The Balaban J connectivity index is 1.48. The third-order valence-corrected chi connectivity index (χ3v) is 5.86. The Bertz CT molecular complexity index is 831. The third-order valence-electron chi connectivity index (χ3n) is 5.86. The van der Waals surface area contributed by atoms with E-state index in [4.69, 9.17) is 9.57 Å². The zero-order valence-corrected chi connectivity index (χ0v) is 14.9. The molecule has 3 aliphatic heterocycles. The number of hydrogen-bond acceptors (Lipinski definition) is 4. The van der Waals surface area contributed by atoms with Gasteiger partial charge in [-0.2, -0.15) is 0 Å². The van der Waals surface area contributed by atoms with Crippen LogP contribution in [0.15, 0.2) is 36.4 Å². The fraction of sp³-hybridized carbons (Fsp3) is 0.476. The summed E-state index contributed by atoms with van der Waals surface area (Å²) in [6.07, 6.45) is 3.63. The number of hydrogen-bond donors (Lipinski definition) is 0. The molecule has 0 aromatic heterocycles. The van der Waals surface area contributed by atoms with Gasteiger partial charge in [-0.25, -0.2) is 5.06 Å². The first kappa shape index (κ1) is 16.1. The number of likely N-dealkylation sites (tertiary alicyclic amines) is 1. The predicted molar refractivity (Wildman–Crippen MR) is 98.8 cm³/mol. The number of fused-ring (bicyclic) bond motifs is 5. The molecule has 3 aliphatic rings. The Hall–Kier alpha value is -2.11. The Labute approximate surface area is 153 Å². The summed E-state index contributed by atoms with van der Waals surface area (Å²) in [6.45, 7) is 3.61. The number of carbonyl (C=O) groups excluding carboxylic acids is 1. The van der Waals surface area contributed by atoms with Crippen molar-refractivity contribution in [1.29, 1.82) is 0 Å². The lowest BCUT2D eigenvalue weighted by atomic mass is 9.88. The number of rotatable bonds is 2. The molecule has 3 heterocycles. The fourth-order valence-electron chi connectivity index (χ4n) is 4.54. The number of ether oxygens (including phenoxy) is 1. The zero-order chi connectivity index (χ0) is 17.5. The van der Waals surface area contributed by atoms with Crippen molar-refractivity contribution in [3.63, 3.8) is 0 Å². The summed E-state index contributed by atoms with van der Waals surface area (Å²) < 4.78 is 6.00. The van der Waals surface area contributed by atoms with Gasteiger partial charge in [-0.1, -0.05) is 36.8 Å². The maximum absolute atomic E-state index is 13.0. The van der Waals surface area contributed by atoms with Gasteiger partial charge in [0, 0.05) is 11.5 Å². The van der Waals surface area contributed by atoms with Gasteiger partial charge in [0.25, 0.3) is 5.91 Å². The molecule has 0 bridgehead atoms. The molecule has 5 rings (SSSR count). The van der Waals surface area contributed by atoms with Crippen molar-refractivity contribution < 1.29 is 14.4 Å². The summed E-state index contributed by atoms with van der Waals surface area (Å²) >= 11 is 0. The molecule has 0 aliphatic carbocycles. The second-order valence-corrected chi connectivity index (χ2v) is 7.57. The van der Waals surface area contributed by atoms with Crippen molar-refractivity contribution in [3.8, 4) is 5.75 Å². The van der Waals surface area contributed by atoms with Crippen LogP contribution in [0.5, 0.6) is 5.75 Å². The first-order valence-electron chi connectivity index (χ1n) is 9.63. The van der Waals surface area contributed by atoms with Crippen LogP contribution < -0.4 is 4.74 Å². The molecule has 2 saturated heterocycles. The van der Waals surface area contributed by atoms with Crippen LogP contribution in [0.1, 0.15) is 30.9 Å². The monoisotopic (exact) mass is 352 g/mol. The van der Waals surface area contributed by atoms with E-state index in [9.17, 15) is 4.79 Å². The molecular formula is C21H24N2O3. The van der Waals surface area contributed by atoms with Crippen molar-refractivity contribution in [2.45, 2.75) is 25.3 Å². The molecule has 2 aromatic rings. The van der Waals surface area contributed by atoms with E-state index in [-0.39, 0.29) is 17.9 Å². The summed E-state index contributed by atoms with van der Waals surface area (Å²) in [5.74, 6) is 1.14. The quantitative estimate of drug-likeness (QED) is 0.833. The maximum atomic E-state index is 13.0. The molecule has 0 saturated carbocycles. The van der Waals surface area contributed by atoms with Gasteiger partial charge in [-0.15, -0.1) is 0 Å². The number of hydroxylamine groups is 2. The van der Waals surface area contributed by atoms with E-state index in [2.05, 4.69) is 23.1 Å². The molecule has 5 heteroatoms. The zero-order valence-electron chi connectivity index (χ0n) is 14.9. The van der Waals surface area contributed by atoms with Gasteiger partial charge in [-0.05, 0) is 42.8 Å². The molecule has 136 valence electrons. The largest absolute Gasteiger partial charge is 0.493 e. The minimum Gasteiger partial charge on any atom is -0.493 e. The van der Waals surface area contributed by atoms with Crippen LogP contribution in [0, 0.1) is 5.92 Å². The molecule has 2 atom stereocenters. The van der Waals surface area contributed by atoms with Crippen LogP contribution in [0.25, 0.3) is 10.8 Å². The molecule has 0 spiro atoms. The normalized spacial score (nSPS) is 25.6. The molecule has 2 fully saturated rings. The van der Waals surface area contributed by atoms with Gasteiger partial charge in [0.15, 0.2) is 0 Å². The first-order chi connectivity index (χ1) is 12.8. The Morgan fingerprint density at radius 2 is 1.88 bits per heavy atom. The average molecular weight is 352 g/mol. The first-order valence-corrected chi connectivity index (χ1v) is 9.63. The minimum absolute atomic E-state index is 0.0536. The van der Waals surface area contributed by atoms with E-state index in [1.807, 2.05) is 18.2 Å². The van der Waals surface area contributed by atoms with Crippen LogP contribution in [0.2, 0.25) is 0 Å². The number of piperidine rings is 1. The van der Waals surface area contributed by atoms with Crippen LogP contribution in [-0.4, -0.2) is 48.7 Å². The lowest BCUT2D eigenvalue weighted by Crippen LogP contribution is -2.42. The SMILES string of the molecule is O=C(CN1CCCCC1)N1OC[C@@H]2COc3ccc4ccccc4c3[C@@H]21. The highest BCUT2D eigenvalue weighted by atomic mass is 16.7. The number of amides is 1. The van der Waals surface area contributed by atoms with Crippen molar-refractivity contribution in [2.75, 3.05) is 32.8 Å². The Morgan fingerprint density at radius 1 is 1.04 bits per heavy atom. The van der Waals surface area contributed by atoms with Gasteiger partial charge in [0.05, 0.1) is 25.8 Å². The number of nitrogens with zero attached hydrogens (tertiary/aromatic N) is 2. The molecule has 0 N–H and O–H groups in total. The van der Waals surface area contributed by atoms with Crippen LogP contribution in [0.4, 0.5) is 0 Å². The second-order valence-electron chi connectivity index (χ2n) is 7.57. The van der Waals surface area contributed by atoms with Gasteiger partial charge in [0.1, 0.15) is 5.75 Å². The van der Waals surface area contributed by atoms with Gasteiger partial charge < -0.3 is 4.74 Å². The topological polar surface area (TPSA) is 42.0 Å². The summed E-state index contributed by atoms with van der Waals surface area (Å²) in [5.41, 5.74) is 1.10. The highest BCUT2D eigenvalue weighted by Crippen LogP contribution is 2.46. The van der Waals surface area contributed by atoms with E-state index in [1.165, 1.54) is 24.6 Å². The van der Waals surface area contributed by atoms with Crippen molar-refractivity contribution >= 4 is 16.7 Å². The van der Waals surface area contributed by atoms with Crippen LogP contribution >= 0.6 is 0 Å². The summed E-state index contributed by atoms with van der Waals surface area (Å²) in [6, 6.07) is 12.4. The van der Waals surface area contributed by atoms with E-state index in [0.717, 1.165) is 29.8 Å². The van der Waals surface area contributed by atoms with Crippen molar-refractivity contribution in [2.24, 2.45) is 5.92 Å². The Morgan fingerprint density at radius 3 is 2.77 bits per heavy atom. The highest BCUT2D eigenvalue weighted by Gasteiger charge is 2.45. The summed E-state index contributed by atoms with van der Waals surface area (Å²) in [5, 5.41) is 3.97. The number of carbonyl (C=O) groups is 1. The second kappa shape index (κ2) is 6.56. The standard InChI is InChI=1S/C21H24N2O3/c24-19(12-22-10-4-1-5-11-22)23-21-16(14-26-23)13-25-18-9-8-15-6-2-3-7-17(15)20(18)21/h2-3,6-9,16,21H,1,4-5,10-14H2/t16-,21+/m0/s1. The summed E-state index contributed by atoms with van der Waals surface area (Å²) in [7, 11) is 0. The van der Waals surface area contributed by atoms with Crippen LogP contribution in [0.3, 0.4) is 0 Å². The molecule has 0 radical (unpaired) electrons. The molecule has 1 amide bonds. The lowest BCUT2D eigenvalue weighted by molar-refractivity contribution is -0.178. The van der Waals surface area contributed by atoms with Gasteiger partial charge in [0.2, 0.25) is 0 Å². The van der Waals surface area contributed by atoms with E-state index < -0.39 is 0 Å². The molecule has 26 heavy (non-hydrogen) atoms. The molecule has 5 nitrogen and oxygen atoms in total. The van der Waals surface area contributed by atoms with Crippen molar-refractivity contribution in [1.82, 2.24) is 9.96 Å². The van der Waals surface area contributed by atoms with Gasteiger partial charge >= 0.3 is 0 Å². The number of benzene rings is 2. The van der Waals surface area contributed by atoms with E-state index in [1.54, 1.807) is 5.06 Å². The lowest BCUT2D eigenvalue weighted by Gasteiger charge is -2.34. The van der Waals surface area contributed by atoms with E-state index >= 15 is 0 Å². The third kappa shape index (κ3) is 2.66.